The second kappa shape index (κ2) is 5.83. The van der Waals surface area contributed by atoms with Crippen molar-refractivity contribution in [2.24, 2.45) is 0 Å². The molecule has 1 aromatic carbocycles. The van der Waals surface area contributed by atoms with Crippen LogP contribution < -0.4 is 10.2 Å². The van der Waals surface area contributed by atoms with Crippen LogP contribution in [0.3, 0.4) is 0 Å². The van der Waals surface area contributed by atoms with Crippen molar-refractivity contribution in [3.05, 3.63) is 28.5 Å². The topological polar surface area (TPSA) is 15.3 Å². The van der Waals surface area contributed by atoms with Gasteiger partial charge in [-0.15, -0.1) is 0 Å². The number of halogens is 2. The molecule has 2 nitrogen and oxygen atoms in total. The Morgan fingerprint density at radius 3 is 2.71 bits per heavy atom. The third-order valence-corrected chi connectivity index (χ3v) is 3.73. The lowest BCUT2D eigenvalue weighted by molar-refractivity contribution is 0.421. The van der Waals surface area contributed by atoms with E-state index in [1.165, 1.54) is 6.07 Å². The molecule has 17 heavy (non-hydrogen) atoms. The molecule has 0 radical (unpaired) electrons. The monoisotopic (exact) mass is 300 g/mol. The Bertz CT molecular complexity index is 376. The van der Waals surface area contributed by atoms with Crippen molar-refractivity contribution in [1.29, 1.82) is 0 Å². The van der Waals surface area contributed by atoms with Crippen LogP contribution >= 0.6 is 15.9 Å². The zero-order valence-corrected chi connectivity index (χ0v) is 11.6. The predicted octanol–water partition coefficient (Wildman–Crippen LogP) is 3.17. The van der Waals surface area contributed by atoms with E-state index in [-0.39, 0.29) is 5.82 Å². The lowest BCUT2D eigenvalue weighted by atomic mass is 10.0. The van der Waals surface area contributed by atoms with Gasteiger partial charge in [0.2, 0.25) is 0 Å². The summed E-state index contributed by atoms with van der Waals surface area (Å²) in [5.74, 6) is -0.138. The Hall–Kier alpha value is -0.610. The lowest BCUT2D eigenvalue weighted by Gasteiger charge is -2.34. The van der Waals surface area contributed by atoms with E-state index in [2.05, 4.69) is 33.1 Å². The van der Waals surface area contributed by atoms with Gasteiger partial charge >= 0.3 is 0 Å². The van der Waals surface area contributed by atoms with Crippen molar-refractivity contribution in [2.75, 3.05) is 24.5 Å². The maximum Gasteiger partial charge on any atom is 0.147 e. The van der Waals surface area contributed by atoms with Crippen molar-refractivity contribution in [3.63, 3.8) is 0 Å². The maximum absolute atomic E-state index is 13.8. The Kier molecular flexibility index (Phi) is 4.40. The minimum absolute atomic E-state index is 0.138. The molecule has 4 heteroatoms. The van der Waals surface area contributed by atoms with Crippen LogP contribution in [0.15, 0.2) is 22.7 Å². The Labute approximate surface area is 110 Å². The molecule has 0 spiro atoms. The smallest absolute Gasteiger partial charge is 0.147 e. The molecule has 1 saturated heterocycles. The van der Waals surface area contributed by atoms with Gasteiger partial charge in [-0.3, -0.25) is 0 Å². The second-order valence-corrected chi connectivity index (χ2v) is 5.33. The molecule has 1 aliphatic heterocycles. The largest absolute Gasteiger partial charge is 0.369 e. The summed E-state index contributed by atoms with van der Waals surface area (Å²) < 4.78 is 14.6. The molecule has 94 valence electrons. The first-order chi connectivity index (χ1) is 8.20. The fourth-order valence-electron chi connectivity index (χ4n) is 2.35. The molecule has 2 rings (SSSR count). The van der Waals surface area contributed by atoms with Crippen LogP contribution in [0.5, 0.6) is 0 Å². The Morgan fingerprint density at radius 1 is 1.41 bits per heavy atom. The molecule has 0 atom stereocenters. The zero-order chi connectivity index (χ0) is 12.3. The van der Waals surface area contributed by atoms with Crippen LogP contribution in [-0.4, -0.2) is 25.7 Å². The summed E-state index contributed by atoms with van der Waals surface area (Å²) in [6.45, 7) is 4.99. The summed E-state index contributed by atoms with van der Waals surface area (Å²) >= 11 is 3.28. The molecule has 0 unspecified atom stereocenters. The fraction of sp³-hybridized carbons (Fsp3) is 0.538. The zero-order valence-electron chi connectivity index (χ0n) is 10.0. The normalized spacial score (nSPS) is 17.5. The van der Waals surface area contributed by atoms with Crippen molar-refractivity contribution < 1.29 is 4.39 Å². The van der Waals surface area contributed by atoms with Gasteiger partial charge in [-0.1, -0.05) is 22.9 Å². The predicted molar refractivity (Wildman–Crippen MR) is 73.0 cm³/mol. The molecule has 1 N–H and O–H groups in total. The number of anilines is 1. The van der Waals surface area contributed by atoms with Gasteiger partial charge in [-0.05, 0) is 37.6 Å². The van der Waals surface area contributed by atoms with Crippen LogP contribution in [0.4, 0.5) is 10.1 Å². The first-order valence-corrected chi connectivity index (χ1v) is 6.93. The van der Waals surface area contributed by atoms with Gasteiger partial charge in [-0.2, -0.15) is 0 Å². The molecule has 1 heterocycles. The van der Waals surface area contributed by atoms with Crippen LogP contribution in [0, 0.1) is 5.82 Å². The molecule has 1 aliphatic rings. The van der Waals surface area contributed by atoms with Gasteiger partial charge in [0.05, 0.1) is 5.69 Å². The molecule has 0 bridgehead atoms. The number of rotatable bonds is 3. The maximum atomic E-state index is 13.8. The van der Waals surface area contributed by atoms with Crippen LogP contribution in [0.2, 0.25) is 0 Å². The van der Waals surface area contributed by atoms with Gasteiger partial charge < -0.3 is 10.2 Å². The average Bonchev–Trinajstić information content (AvgIpc) is 2.31. The Balaban J connectivity index is 2.00. The minimum Gasteiger partial charge on any atom is -0.369 e. The number of hydrogen-bond donors (Lipinski definition) is 1. The number of benzene rings is 1. The highest BCUT2D eigenvalue weighted by atomic mass is 79.9. The molecule has 0 saturated carbocycles. The molecule has 0 aromatic heterocycles. The summed E-state index contributed by atoms with van der Waals surface area (Å²) in [4.78, 5) is 2.13. The summed E-state index contributed by atoms with van der Waals surface area (Å²) in [5.41, 5.74) is 0.725. The van der Waals surface area contributed by atoms with E-state index >= 15 is 0 Å². The van der Waals surface area contributed by atoms with E-state index in [0.717, 1.165) is 42.6 Å². The number of hydrogen-bond acceptors (Lipinski definition) is 2. The molecule has 0 amide bonds. The molecule has 0 aliphatic carbocycles. The van der Waals surface area contributed by atoms with E-state index in [9.17, 15) is 4.39 Å². The first-order valence-electron chi connectivity index (χ1n) is 6.14. The third-order valence-electron chi connectivity index (χ3n) is 3.24. The lowest BCUT2D eigenvalue weighted by Crippen LogP contribution is -2.42. The van der Waals surface area contributed by atoms with Gasteiger partial charge in [0.25, 0.3) is 0 Å². The summed E-state index contributed by atoms with van der Waals surface area (Å²) in [6.07, 6.45) is 2.17. The SMILES string of the molecule is CCNC1CCN(c2ccc(Br)cc2F)CC1. The van der Waals surface area contributed by atoms with Crippen molar-refractivity contribution in [3.8, 4) is 0 Å². The minimum atomic E-state index is -0.138. The summed E-state index contributed by atoms with van der Waals surface area (Å²) in [5, 5.41) is 3.45. The molecular formula is C13H18BrFN2. The number of nitrogens with zero attached hydrogens (tertiary/aromatic N) is 1. The molecular weight excluding hydrogens is 283 g/mol. The van der Waals surface area contributed by atoms with Crippen LogP contribution in [0.25, 0.3) is 0 Å². The number of piperidine rings is 1. The number of nitrogens with one attached hydrogen (secondary N) is 1. The van der Waals surface area contributed by atoms with Crippen LogP contribution in [-0.2, 0) is 0 Å². The summed E-state index contributed by atoms with van der Waals surface area (Å²) in [6, 6.07) is 5.88. The average molecular weight is 301 g/mol. The van der Waals surface area contributed by atoms with Gasteiger partial charge in [-0.25, -0.2) is 4.39 Å². The Morgan fingerprint density at radius 2 is 2.12 bits per heavy atom. The summed E-state index contributed by atoms with van der Waals surface area (Å²) in [7, 11) is 0. The third kappa shape index (κ3) is 3.19. The van der Waals surface area contributed by atoms with Crippen molar-refractivity contribution in [2.45, 2.75) is 25.8 Å². The van der Waals surface area contributed by atoms with E-state index in [0.29, 0.717) is 6.04 Å². The van der Waals surface area contributed by atoms with Crippen molar-refractivity contribution in [1.82, 2.24) is 5.32 Å². The highest BCUT2D eigenvalue weighted by Gasteiger charge is 2.20. The molecule has 1 fully saturated rings. The van der Waals surface area contributed by atoms with Crippen LogP contribution in [0.1, 0.15) is 19.8 Å². The van der Waals surface area contributed by atoms with Gasteiger partial charge in [0.15, 0.2) is 0 Å². The van der Waals surface area contributed by atoms with Gasteiger partial charge in [0.1, 0.15) is 5.82 Å². The van der Waals surface area contributed by atoms with E-state index in [4.69, 9.17) is 0 Å². The van der Waals surface area contributed by atoms with E-state index in [1.54, 1.807) is 0 Å². The van der Waals surface area contributed by atoms with E-state index in [1.807, 2.05) is 12.1 Å². The second-order valence-electron chi connectivity index (χ2n) is 4.41. The quantitative estimate of drug-likeness (QED) is 0.922. The fourth-order valence-corrected chi connectivity index (χ4v) is 2.68. The highest BCUT2D eigenvalue weighted by Crippen LogP contribution is 2.25. The highest BCUT2D eigenvalue weighted by molar-refractivity contribution is 9.10. The standard InChI is InChI=1S/C13H18BrFN2/c1-2-16-11-5-7-17(8-6-11)13-4-3-10(14)9-12(13)15/h3-4,9,11,16H,2,5-8H2,1H3. The molecule has 1 aromatic rings. The first kappa shape index (κ1) is 12.8. The van der Waals surface area contributed by atoms with Crippen molar-refractivity contribution >= 4 is 21.6 Å². The van der Waals surface area contributed by atoms with E-state index < -0.39 is 0 Å². The van der Waals surface area contributed by atoms with Gasteiger partial charge in [0, 0.05) is 23.6 Å².